The summed E-state index contributed by atoms with van der Waals surface area (Å²) < 4.78 is 5.03. The predicted molar refractivity (Wildman–Crippen MR) is 75.7 cm³/mol. The van der Waals surface area contributed by atoms with E-state index in [4.69, 9.17) is 4.74 Å². The molecule has 1 aromatic heterocycles. The molecule has 0 aliphatic heterocycles. The van der Waals surface area contributed by atoms with Gasteiger partial charge < -0.3 is 4.74 Å². The van der Waals surface area contributed by atoms with Crippen molar-refractivity contribution in [1.82, 2.24) is 10.2 Å². The van der Waals surface area contributed by atoms with Crippen molar-refractivity contribution >= 4 is 6.09 Å². The first-order chi connectivity index (χ1) is 9.70. The summed E-state index contributed by atoms with van der Waals surface area (Å²) in [6.45, 7) is 5.27. The third-order valence-corrected chi connectivity index (χ3v) is 2.61. The number of benzene rings is 1. The van der Waals surface area contributed by atoms with Crippen molar-refractivity contribution < 1.29 is 9.53 Å². The minimum absolute atomic E-state index is 0.380. The van der Waals surface area contributed by atoms with Crippen LogP contribution in [0.1, 0.15) is 6.92 Å². The van der Waals surface area contributed by atoms with E-state index in [0.717, 1.165) is 5.56 Å². The van der Waals surface area contributed by atoms with Crippen LogP contribution in [0.15, 0.2) is 60.2 Å². The summed E-state index contributed by atoms with van der Waals surface area (Å²) in [6.07, 6.45) is 2.09. The molecule has 0 radical (unpaired) electrons. The molecule has 0 aliphatic carbocycles. The number of carbonyl (C=O) groups excluding carboxylic acids is 1. The minimum atomic E-state index is -0.664. The number of hydrogen-bond donors (Lipinski definition) is 1. The van der Waals surface area contributed by atoms with E-state index in [0.29, 0.717) is 11.1 Å². The van der Waals surface area contributed by atoms with E-state index in [2.05, 4.69) is 21.8 Å². The largest absolute Gasteiger partial charge is 0.441 e. The molecule has 1 amide bonds. The molecule has 0 aliphatic rings. The van der Waals surface area contributed by atoms with Gasteiger partial charge in [0.2, 0.25) is 0 Å². The molecule has 2 rings (SSSR count). The van der Waals surface area contributed by atoms with Crippen molar-refractivity contribution in [3.63, 3.8) is 0 Å². The fourth-order valence-electron chi connectivity index (χ4n) is 1.58. The van der Waals surface area contributed by atoms with Crippen LogP contribution in [-0.4, -0.2) is 22.4 Å². The second-order valence-corrected chi connectivity index (χ2v) is 4.11. The maximum atomic E-state index is 11.7. The van der Waals surface area contributed by atoms with Crippen LogP contribution >= 0.6 is 0 Å². The number of aromatic nitrogens is 2. The van der Waals surface area contributed by atoms with Crippen molar-refractivity contribution in [2.45, 2.75) is 13.0 Å². The van der Waals surface area contributed by atoms with Crippen LogP contribution in [0.5, 0.6) is 0 Å². The highest BCUT2D eigenvalue weighted by atomic mass is 16.6. The molecule has 20 heavy (non-hydrogen) atoms. The molecular formula is C15H15N3O2. The lowest BCUT2D eigenvalue weighted by Gasteiger charge is -2.05. The molecule has 0 fully saturated rings. The smallest absolute Gasteiger partial charge is 0.434 e. The molecule has 1 N–H and O–H groups in total. The Morgan fingerprint density at radius 1 is 1.40 bits per heavy atom. The number of rotatable bonds is 3. The van der Waals surface area contributed by atoms with E-state index in [9.17, 15) is 4.79 Å². The fourth-order valence-corrected chi connectivity index (χ4v) is 1.58. The molecule has 1 aromatic carbocycles. The van der Waals surface area contributed by atoms with Gasteiger partial charge in [0.25, 0.3) is 0 Å². The molecule has 0 saturated heterocycles. The zero-order valence-electron chi connectivity index (χ0n) is 11.1. The highest BCUT2D eigenvalue weighted by molar-refractivity contribution is 5.70. The second kappa shape index (κ2) is 6.47. The Morgan fingerprint density at radius 2 is 2.15 bits per heavy atom. The summed E-state index contributed by atoms with van der Waals surface area (Å²) in [4.78, 5) is 15.6. The Balaban J connectivity index is 2.38. The van der Waals surface area contributed by atoms with Gasteiger partial charge in [-0.25, -0.2) is 4.79 Å². The molecule has 0 saturated carbocycles. The zero-order valence-corrected chi connectivity index (χ0v) is 11.1. The van der Waals surface area contributed by atoms with Crippen LogP contribution in [0.4, 0.5) is 4.79 Å². The first-order valence-electron chi connectivity index (χ1n) is 6.18. The van der Waals surface area contributed by atoms with Gasteiger partial charge in [-0.2, -0.15) is 10.1 Å². The number of ether oxygens (including phenoxy) is 1. The number of carbonyl (C=O) groups is 1. The third-order valence-electron chi connectivity index (χ3n) is 2.61. The third kappa shape index (κ3) is 3.41. The van der Waals surface area contributed by atoms with E-state index in [-0.39, 0.29) is 6.10 Å². The first kappa shape index (κ1) is 13.7. The maximum Gasteiger partial charge on any atom is 0.434 e. The average molecular weight is 269 g/mol. The lowest BCUT2D eigenvalue weighted by atomic mass is 10.1. The number of hydrogen-bond acceptors (Lipinski definition) is 3. The second-order valence-electron chi connectivity index (χ2n) is 4.11. The fraction of sp³-hybridized carbons (Fsp3) is 0.133. The highest BCUT2D eigenvalue weighted by Gasteiger charge is 2.07. The molecule has 2 aromatic rings. The summed E-state index contributed by atoms with van der Waals surface area (Å²) >= 11 is 0. The standard InChI is InChI=1S/C15H15N3O2/c1-3-11(2)20-15(19)17-13-9-10-16-18-14(13)12-7-5-4-6-8-12/h3-11H,1H2,2H3,(H,16,17,19). The minimum Gasteiger partial charge on any atom is -0.441 e. The molecule has 1 atom stereocenters. The summed E-state index contributed by atoms with van der Waals surface area (Å²) in [5.74, 6) is 0. The molecule has 0 spiro atoms. The monoisotopic (exact) mass is 269 g/mol. The Hall–Kier alpha value is -2.69. The van der Waals surface area contributed by atoms with Gasteiger partial charge in [-0.15, -0.1) is 0 Å². The van der Waals surface area contributed by atoms with Crippen LogP contribution in [0.2, 0.25) is 0 Å². The first-order valence-corrected chi connectivity index (χ1v) is 6.18. The Bertz CT molecular complexity index is 662. The van der Waals surface area contributed by atoms with Crippen LogP contribution in [-0.2, 0) is 4.74 Å². The van der Waals surface area contributed by atoms with Gasteiger partial charge in [0, 0.05) is 11.8 Å². The molecule has 5 nitrogen and oxygen atoms in total. The predicted octanol–water partition coefficient (Wildman–Crippen LogP) is 2.69. The quantitative estimate of drug-likeness (QED) is 0.871. The number of amides is 1. The number of nitrogens with zero attached hydrogens (tertiary/aromatic N) is 2. The maximum absolute atomic E-state index is 11.7. The van der Waals surface area contributed by atoms with E-state index in [1.54, 1.807) is 19.2 Å². The van der Waals surface area contributed by atoms with Gasteiger partial charge in [0.05, 0.1) is 0 Å². The van der Waals surface area contributed by atoms with Crippen molar-refractivity contribution in [3.8, 4) is 11.3 Å². The van der Waals surface area contributed by atoms with Crippen molar-refractivity contribution in [2.75, 3.05) is 0 Å². The van der Waals surface area contributed by atoms with Gasteiger partial charge in [0.15, 0.2) is 0 Å². The van der Waals surface area contributed by atoms with E-state index >= 15 is 0 Å². The Labute approximate surface area is 116 Å². The number of nitrogens with one attached hydrogen (secondary N) is 1. The molecule has 5 heteroatoms. The number of H-pyrrole nitrogens is 1. The lowest BCUT2D eigenvalue weighted by Crippen LogP contribution is -2.15. The van der Waals surface area contributed by atoms with E-state index < -0.39 is 6.09 Å². The SMILES string of the molecule is C=CC(C)OC(=O)N=c1cc[nH]nc1-c1ccccc1. The van der Waals surface area contributed by atoms with Crippen molar-refractivity contribution in [3.05, 3.63) is 60.6 Å². The lowest BCUT2D eigenvalue weighted by molar-refractivity contribution is 0.137. The van der Waals surface area contributed by atoms with Gasteiger partial charge in [0.1, 0.15) is 17.2 Å². The van der Waals surface area contributed by atoms with Crippen LogP contribution in [0.25, 0.3) is 11.3 Å². The molecule has 0 bridgehead atoms. The Morgan fingerprint density at radius 3 is 2.85 bits per heavy atom. The normalized spacial score (nSPS) is 12.8. The summed E-state index contributed by atoms with van der Waals surface area (Å²) in [5, 5.41) is 7.36. The molecule has 1 unspecified atom stereocenters. The van der Waals surface area contributed by atoms with E-state index in [1.165, 1.54) is 6.08 Å². The molecule has 1 heterocycles. The summed E-state index contributed by atoms with van der Waals surface area (Å²) in [5.41, 5.74) is 1.46. The number of aromatic amines is 1. The highest BCUT2D eigenvalue weighted by Crippen LogP contribution is 2.10. The summed E-state index contributed by atoms with van der Waals surface area (Å²) in [7, 11) is 0. The molecular weight excluding hydrogens is 254 g/mol. The van der Waals surface area contributed by atoms with Gasteiger partial charge >= 0.3 is 6.09 Å². The van der Waals surface area contributed by atoms with Crippen LogP contribution in [0.3, 0.4) is 0 Å². The van der Waals surface area contributed by atoms with Crippen molar-refractivity contribution in [2.24, 2.45) is 4.99 Å². The van der Waals surface area contributed by atoms with Crippen LogP contribution < -0.4 is 5.36 Å². The van der Waals surface area contributed by atoms with Crippen molar-refractivity contribution in [1.29, 1.82) is 0 Å². The topological polar surface area (TPSA) is 67.3 Å². The van der Waals surface area contributed by atoms with Gasteiger partial charge in [-0.1, -0.05) is 43.0 Å². The van der Waals surface area contributed by atoms with Gasteiger partial charge in [-0.05, 0) is 13.0 Å². The average Bonchev–Trinajstić information content (AvgIpc) is 2.48. The van der Waals surface area contributed by atoms with Crippen LogP contribution in [0, 0.1) is 0 Å². The molecule has 102 valence electrons. The van der Waals surface area contributed by atoms with E-state index in [1.807, 2.05) is 30.3 Å². The van der Waals surface area contributed by atoms with Gasteiger partial charge in [-0.3, -0.25) is 5.10 Å². The summed E-state index contributed by atoms with van der Waals surface area (Å²) in [6, 6.07) is 11.2. The Kier molecular flexibility index (Phi) is 4.44. The zero-order chi connectivity index (χ0) is 14.4.